The summed E-state index contributed by atoms with van der Waals surface area (Å²) in [4.78, 5) is 24.1. The van der Waals surface area contributed by atoms with Crippen molar-refractivity contribution in [2.45, 2.75) is 19.4 Å². The standard InChI is InChI=1S/C25H24ClN3O4/c1-32-21-12-10-20(11-13-21)28-24(30)14-15-25(31)29-27-16-18-6-3-5-9-23(18)33-17-19-7-2-4-8-22(19)26/h2-13,16H,14-15,17H2,1H3,(H,28,30)(H,29,31). The third-order valence-corrected chi connectivity index (χ3v) is 4.97. The molecule has 7 nitrogen and oxygen atoms in total. The van der Waals surface area contributed by atoms with E-state index >= 15 is 0 Å². The largest absolute Gasteiger partial charge is 0.497 e. The lowest BCUT2D eigenvalue weighted by atomic mass is 10.2. The molecule has 33 heavy (non-hydrogen) atoms. The first-order valence-corrected chi connectivity index (χ1v) is 10.6. The van der Waals surface area contributed by atoms with Gasteiger partial charge in [-0.05, 0) is 42.5 Å². The maximum absolute atomic E-state index is 12.0. The molecule has 2 N–H and O–H groups in total. The van der Waals surface area contributed by atoms with Gasteiger partial charge in [0.25, 0.3) is 0 Å². The van der Waals surface area contributed by atoms with Crippen molar-refractivity contribution in [3.05, 3.63) is 88.9 Å². The molecule has 0 saturated carbocycles. The predicted octanol–water partition coefficient (Wildman–Crippen LogP) is 4.80. The van der Waals surface area contributed by atoms with E-state index in [-0.39, 0.29) is 24.7 Å². The SMILES string of the molecule is COc1ccc(NC(=O)CCC(=O)NN=Cc2ccccc2OCc2ccccc2Cl)cc1. The molecule has 2 amide bonds. The van der Waals surface area contributed by atoms with Gasteiger partial charge in [0.2, 0.25) is 11.8 Å². The van der Waals surface area contributed by atoms with E-state index in [4.69, 9.17) is 21.1 Å². The number of rotatable bonds is 10. The number of hydrogen-bond acceptors (Lipinski definition) is 5. The van der Waals surface area contributed by atoms with Crippen LogP contribution >= 0.6 is 11.6 Å². The number of anilines is 1. The topological polar surface area (TPSA) is 89.0 Å². The van der Waals surface area contributed by atoms with Gasteiger partial charge in [-0.2, -0.15) is 5.10 Å². The first kappa shape index (κ1) is 23.8. The highest BCUT2D eigenvalue weighted by atomic mass is 35.5. The number of carbonyl (C=O) groups is 2. The molecule has 0 unspecified atom stereocenters. The second-order valence-corrected chi connectivity index (χ2v) is 7.39. The lowest BCUT2D eigenvalue weighted by molar-refractivity contribution is -0.124. The molecule has 0 fully saturated rings. The molecule has 0 saturated heterocycles. The fourth-order valence-corrected chi connectivity index (χ4v) is 3.03. The van der Waals surface area contributed by atoms with E-state index in [1.165, 1.54) is 6.21 Å². The van der Waals surface area contributed by atoms with Gasteiger partial charge >= 0.3 is 0 Å². The summed E-state index contributed by atoms with van der Waals surface area (Å²) in [6.45, 7) is 0.306. The summed E-state index contributed by atoms with van der Waals surface area (Å²) in [6.07, 6.45) is 1.53. The van der Waals surface area contributed by atoms with Crippen LogP contribution in [-0.4, -0.2) is 25.1 Å². The zero-order chi connectivity index (χ0) is 23.5. The van der Waals surface area contributed by atoms with Crippen LogP contribution in [0.3, 0.4) is 0 Å². The van der Waals surface area contributed by atoms with Crippen molar-refractivity contribution in [2.24, 2.45) is 5.10 Å². The average molecular weight is 466 g/mol. The number of amides is 2. The Morgan fingerprint density at radius 3 is 2.39 bits per heavy atom. The summed E-state index contributed by atoms with van der Waals surface area (Å²) in [5.74, 6) is 0.665. The molecular formula is C25H24ClN3O4. The Labute approximate surface area is 197 Å². The van der Waals surface area contributed by atoms with Crippen molar-refractivity contribution >= 4 is 35.3 Å². The minimum absolute atomic E-state index is 0.00395. The van der Waals surface area contributed by atoms with Gasteiger partial charge in [-0.1, -0.05) is 41.9 Å². The first-order valence-electron chi connectivity index (χ1n) is 10.3. The predicted molar refractivity (Wildman–Crippen MR) is 129 cm³/mol. The van der Waals surface area contributed by atoms with Crippen LogP contribution in [0.25, 0.3) is 0 Å². The number of hydrogen-bond donors (Lipinski definition) is 2. The van der Waals surface area contributed by atoms with E-state index in [0.717, 1.165) is 5.56 Å². The number of nitrogens with zero attached hydrogens (tertiary/aromatic N) is 1. The summed E-state index contributed by atoms with van der Waals surface area (Å²) in [7, 11) is 1.57. The highest BCUT2D eigenvalue weighted by molar-refractivity contribution is 6.31. The fraction of sp³-hybridized carbons (Fsp3) is 0.160. The second kappa shape index (κ2) is 12.3. The number of hydrazone groups is 1. The van der Waals surface area contributed by atoms with Crippen molar-refractivity contribution in [3.8, 4) is 11.5 Å². The number of halogens is 1. The third kappa shape index (κ3) is 7.66. The summed E-state index contributed by atoms with van der Waals surface area (Å²) in [6, 6.07) is 21.7. The van der Waals surface area contributed by atoms with Gasteiger partial charge in [0.15, 0.2) is 0 Å². The lowest BCUT2D eigenvalue weighted by Crippen LogP contribution is -2.20. The third-order valence-electron chi connectivity index (χ3n) is 4.61. The molecule has 8 heteroatoms. The maximum atomic E-state index is 12.0. The van der Waals surface area contributed by atoms with Gasteiger partial charge in [0, 0.05) is 34.7 Å². The van der Waals surface area contributed by atoms with E-state index in [0.29, 0.717) is 34.4 Å². The van der Waals surface area contributed by atoms with Crippen LogP contribution in [0, 0.1) is 0 Å². The summed E-state index contributed by atoms with van der Waals surface area (Å²) < 4.78 is 10.9. The molecule has 0 heterocycles. The Morgan fingerprint density at radius 2 is 1.64 bits per heavy atom. The van der Waals surface area contributed by atoms with E-state index in [2.05, 4.69) is 15.8 Å². The normalized spacial score (nSPS) is 10.6. The molecule has 0 bridgehead atoms. The molecular weight excluding hydrogens is 442 g/mol. The van der Waals surface area contributed by atoms with Gasteiger partial charge in [-0.25, -0.2) is 5.43 Å². The van der Waals surface area contributed by atoms with Crippen LogP contribution in [0.2, 0.25) is 5.02 Å². The highest BCUT2D eigenvalue weighted by Crippen LogP contribution is 2.21. The van der Waals surface area contributed by atoms with Crippen molar-refractivity contribution in [1.82, 2.24) is 5.43 Å². The van der Waals surface area contributed by atoms with Crippen molar-refractivity contribution in [1.29, 1.82) is 0 Å². The molecule has 0 aliphatic carbocycles. The zero-order valence-electron chi connectivity index (χ0n) is 18.1. The van der Waals surface area contributed by atoms with Gasteiger partial charge in [0.1, 0.15) is 18.1 Å². The summed E-state index contributed by atoms with van der Waals surface area (Å²) in [5.41, 5.74) is 4.63. The molecule has 0 atom stereocenters. The highest BCUT2D eigenvalue weighted by Gasteiger charge is 2.08. The quantitative estimate of drug-likeness (QED) is 0.332. The lowest BCUT2D eigenvalue weighted by Gasteiger charge is -2.10. The van der Waals surface area contributed by atoms with Crippen LogP contribution in [0.5, 0.6) is 11.5 Å². The van der Waals surface area contributed by atoms with Crippen LogP contribution in [0.4, 0.5) is 5.69 Å². The van der Waals surface area contributed by atoms with Crippen molar-refractivity contribution in [3.63, 3.8) is 0 Å². The van der Waals surface area contributed by atoms with E-state index in [1.54, 1.807) is 37.4 Å². The molecule has 0 radical (unpaired) electrons. The van der Waals surface area contributed by atoms with Crippen molar-refractivity contribution in [2.75, 3.05) is 12.4 Å². The number of benzene rings is 3. The van der Waals surface area contributed by atoms with E-state index in [9.17, 15) is 9.59 Å². The Bertz CT molecular complexity index is 1120. The average Bonchev–Trinajstić information content (AvgIpc) is 2.83. The monoisotopic (exact) mass is 465 g/mol. The van der Waals surface area contributed by atoms with Gasteiger partial charge < -0.3 is 14.8 Å². The number of ether oxygens (including phenoxy) is 2. The maximum Gasteiger partial charge on any atom is 0.240 e. The van der Waals surface area contributed by atoms with Crippen LogP contribution in [0.1, 0.15) is 24.0 Å². The van der Waals surface area contributed by atoms with Gasteiger partial charge in [0.05, 0.1) is 13.3 Å². The summed E-state index contributed by atoms with van der Waals surface area (Å²) in [5, 5.41) is 7.34. The second-order valence-electron chi connectivity index (χ2n) is 6.99. The Hall–Kier alpha value is -3.84. The number of para-hydroxylation sites is 1. The Kier molecular flexibility index (Phi) is 8.85. The molecule has 0 aliphatic rings. The number of nitrogens with one attached hydrogen (secondary N) is 2. The molecule has 0 aliphatic heterocycles. The fourth-order valence-electron chi connectivity index (χ4n) is 2.84. The van der Waals surface area contributed by atoms with E-state index < -0.39 is 0 Å². The zero-order valence-corrected chi connectivity index (χ0v) is 18.8. The minimum Gasteiger partial charge on any atom is -0.497 e. The van der Waals surface area contributed by atoms with Gasteiger partial charge in [-0.15, -0.1) is 0 Å². The summed E-state index contributed by atoms with van der Waals surface area (Å²) >= 11 is 6.17. The molecule has 170 valence electrons. The molecule has 0 spiro atoms. The van der Waals surface area contributed by atoms with E-state index in [1.807, 2.05) is 42.5 Å². The van der Waals surface area contributed by atoms with Crippen LogP contribution in [0.15, 0.2) is 77.9 Å². The number of carbonyl (C=O) groups excluding carboxylic acids is 2. The molecule has 3 rings (SSSR count). The number of methoxy groups -OCH3 is 1. The molecule has 3 aromatic carbocycles. The Balaban J connectivity index is 1.46. The van der Waals surface area contributed by atoms with Crippen molar-refractivity contribution < 1.29 is 19.1 Å². The van der Waals surface area contributed by atoms with Gasteiger partial charge in [-0.3, -0.25) is 9.59 Å². The molecule has 3 aromatic rings. The first-order chi connectivity index (χ1) is 16.0. The Morgan fingerprint density at radius 1 is 0.939 bits per heavy atom. The molecule has 0 aromatic heterocycles. The minimum atomic E-state index is -0.370. The van der Waals surface area contributed by atoms with Crippen LogP contribution < -0.4 is 20.2 Å². The van der Waals surface area contributed by atoms with Crippen LogP contribution in [-0.2, 0) is 16.2 Å². The smallest absolute Gasteiger partial charge is 0.240 e.